The lowest BCUT2D eigenvalue weighted by molar-refractivity contribution is -0.136. The van der Waals surface area contributed by atoms with Crippen molar-refractivity contribution in [2.24, 2.45) is 0 Å². The molecule has 1 N–H and O–H groups in total. The second-order valence-corrected chi connectivity index (χ2v) is 10.8. The zero-order valence-corrected chi connectivity index (χ0v) is 21.2. The normalized spacial score (nSPS) is 12.0. The molecule has 198 valence electrons. The zero-order chi connectivity index (χ0) is 27.6. The summed E-state index contributed by atoms with van der Waals surface area (Å²) in [5.41, 5.74) is 1.47. The second kappa shape index (κ2) is 10.4. The summed E-state index contributed by atoms with van der Waals surface area (Å²) in [4.78, 5) is 11.6. The van der Waals surface area contributed by atoms with E-state index in [0.29, 0.717) is 29.3 Å². The Morgan fingerprint density at radius 3 is 2.00 bits per heavy atom. The Labute approximate surface area is 222 Å². The van der Waals surface area contributed by atoms with Crippen molar-refractivity contribution in [3.63, 3.8) is 0 Å². The van der Waals surface area contributed by atoms with Gasteiger partial charge in [-0.15, -0.1) is 0 Å². The quantitative estimate of drug-likeness (QED) is 0.227. The van der Waals surface area contributed by atoms with E-state index >= 15 is 0 Å². The van der Waals surface area contributed by atoms with Crippen molar-refractivity contribution in [1.82, 2.24) is 0 Å². The van der Waals surface area contributed by atoms with Gasteiger partial charge in [0.1, 0.15) is 5.58 Å². The molecular weight excluding hydrogens is 527 g/mol. The van der Waals surface area contributed by atoms with E-state index in [2.05, 4.69) is 4.72 Å². The van der Waals surface area contributed by atoms with Crippen molar-refractivity contribution in [2.75, 3.05) is 4.72 Å². The number of hydrogen-bond acceptors (Lipinski definition) is 4. The lowest BCUT2D eigenvalue weighted by Crippen LogP contribution is -2.13. The van der Waals surface area contributed by atoms with Gasteiger partial charge in [-0.2, -0.15) is 13.2 Å². The highest BCUT2D eigenvalue weighted by Gasteiger charge is 2.33. The maximum atomic E-state index is 13.4. The molecule has 1 heterocycles. The van der Waals surface area contributed by atoms with Gasteiger partial charge < -0.3 is 4.42 Å². The first kappa shape index (κ1) is 26.2. The van der Waals surface area contributed by atoms with Crippen molar-refractivity contribution in [3.05, 3.63) is 141 Å². The van der Waals surface area contributed by atoms with Crippen molar-refractivity contribution in [1.29, 1.82) is 0 Å². The van der Waals surface area contributed by atoms with Crippen molar-refractivity contribution >= 4 is 26.7 Å². The number of nitrogens with one attached hydrogen (secondary N) is 1. The minimum absolute atomic E-state index is 0.0550. The van der Waals surface area contributed by atoms with E-state index in [1.165, 1.54) is 24.3 Å². The number of alkyl halides is 3. The first-order valence-corrected chi connectivity index (χ1v) is 13.4. The molecular formula is C30H22F3NO4S. The van der Waals surface area contributed by atoms with E-state index in [1.54, 1.807) is 36.4 Å². The molecule has 4 aromatic carbocycles. The molecule has 0 bridgehead atoms. The Kier molecular flexibility index (Phi) is 7.01. The van der Waals surface area contributed by atoms with Gasteiger partial charge in [0.25, 0.3) is 10.0 Å². The predicted molar refractivity (Wildman–Crippen MR) is 143 cm³/mol. The molecule has 0 radical (unpaired) electrons. The van der Waals surface area contributed by atoms with Gasteiger partial charge in [0.2, 0.25) is 0 Å². The standard InChI is InChI=1S/C30H22F3NO4S/c31-30(32,33)27-19-29(35)38-28-14-11-23(18-26(27)28)16-21-9-12-25(13-10-21)39(36,37)34-24-8-4-7-22(17-24)15-20-5-2-1-3-6-20/h1-14,17-19,34H,15-16H2. The molecule has 0 aliphatic heterocycles. The lowest BCUT2D eigenvalue weighted by Gasteiger charge is -2.11. The van der Waals surface area contributed by atoms with Gasteiger partial charge >= 0.3 is 11.8 Å². The average molecular weight is 550 g/mol. The first-order chi connectivity index (χ1) is 18.6. The van der Waals surface area contributed by atoms with Crippen LogP contribution in [-0.2, 0) is 29.0 Å². The molecule has 9 heteroatoms. The van der Waals surface area contributed by atoms with Crippen LogP contribution in [0.3, 0.4) is 0 Å². The summed E-state index contributed by atoms with van der Waals surface area (Å²) >= 11 is 0. The van der Waals surface area contributed by atoms with E-state index in [0.717, 1.165) is 11.1 Å². The van der Waals surface area contributed by atoms with Crippen LogP contribution in [0, 0.1) is 0 Å². The number of hydrogen-bond donors (Lipinski definition) is 1. The Morgan fingerprint density at radius 2 is 1.31 bits per heavy atom. The fraction of sp³-hybridized carbons (Fsp3) is 0.100. The predicted octanol–water partition coefficient (Wildman–Crippen LogP) is 6.79. The lowest BCUT2D eigenvalue weighted by atomic mass is 10.0. The van der Waals surface area contributed by atoms with E-state index < -0.39 is 27.4 Å². The molecule has 1 aromatic heterocycles. The molecule has 5 rings (SSSR count). The van der Waals surface area contributed by atoms with Gasteiger partial charge in [-0.05, 0) is 71.5 Å². The third-order valence-corrected chi connectivity index (χ3v) is 7.58. The van der Waals surface area contributed by atoms with Gasteiger partial charge in [0.05, 0.1) is 10.5 Å². The summed E-state index contributed by atoms with van der Waals surface area (Å²) in [6.45, 7) is 0. The van der Waals surface area contributed by atoms with Crippen molar-refractivity contribution in [2.45, 2.75) is 23.9 Å². The third-order valence-electron chi connectivity index (χ3n) is 6.18. The number of fused-ring (bicyclic) bond motifs is 1. The number of rotatable bonds is 7. The Hall–Kier alpha value is -4.37. The number of anilines is 1. The van der Waals surface area contributed by atoms with E-state index in [9.17, 15) is 26.4 Å². The van der Waals surface area contributed by atoms with Crippen LogP contribution in [-0.4, -0.2) is 8.42 Å². The minimum atomic E-state index is -4.71. The van der Waals surface area contributed by atoms with Crippen LogP contribution in [0.4, 0.5) is 18.9 Å². The summed E-state index contributed by atoms with van der Waals surface area (Å²) in [5.74, 6) is 0. The highest BCUT2D eigenvalue weighted by atomic mass is 32.2. The van der Waals surface area contributed by atoms with Crippen LogP contribution >= 0.6 is 0 Å². The summed E-state index contributed by atoms with van der Waals surface area (Å²) in [6.07, 6.45) is -3.80. The average Bonchev–Trinajstić information content (AvgIpc) is 2.89. The van der Waals surface area contributed by atoms with Crippen LogP contribution in [0.25, 0.3) is 11.0 Å². The van der Waals surface area contributed by atoms with Crippen LogP contribution in [0.15, 0.2) is 117 Å². The maximum Gasteiger partial charge on any atom is 0.417 e. The highest BCUT2D eigenvalue weighted by Crippen LogP contribution is 2.34. The van der Waals surface area contributed by atoms with Crippen LogP contribution < -0.4 is 10.3 Å². The third kappa shape index (κ3) is 6.21. The minimum Gasteiger partial charge on any atom is -0.423 e. The van der Waals surface area contributed by atoms with E-state index in [4.69, 9.17) is 4.42 Å². The molecule has 0 aliphatic rings. The molecule has 0 aliphatic carbocycles. The Balaban J connectivity index is 1.33. The fourth-order valence-electron chi connectivity index (χ4n) is 4.37. The first-order valence-electron chi connectivity index (χ1n) is 12.0. The van der Waals surface area contributed by atoms with E-state index in [-0.39, 0.29) is 22.3 Å². The highest BCUT2D eigenvalue weighted by molar-refractivity contribution is 7.92. The van der Waals surface area contributed by atoms with Gasteiger partial charge in [-0.25, -0.2) is 13.2 Å². The maximum absolute atomic E-state index is 13.4. The molecule has 5 nitrogen and oxygen atoms in total. The Bertz CT molecular complexity index is 1800. The number of sulfonamides is 1. The number of benzene rings is 4. The summed E-state index contributed by atoms with van der Waals surface area (Å²) < 4.78 is 73.8. The molecule has 0 spiro atoms. The molecule has 0 atom stereocenters. The summed E-state index contributed by atoms with van der Waals surface area (Å²) in [6, 6.07) is 27.8. The van der Waals surface area contributed by atoms with Gasteiger partial charge in [0.15, 0.2) is 0 Å². The molecule has 5 aromatic rings. The smallest absolute Gasteiger partial charge is 0.417 e. The van der Waals surface area contributed by atoms with Crippen LogP contribution in [0.5, 0.6) is 0 Å². The molecule has 0 saturated heterocycles. The number of halogens is 3. The molecule has 0 amide bonds. The molecule has 39 heavy (non-hydrogen) atoms. The topological polar surface area (TPSA) is 76.4 Å². The van der Waals surface area contributed by atoms with Crippen LogP contribution in [0.2, 0.25) is 0 Å². The summed E-state index contributed by atoms with van der Waals surface area (Å²) in [5, 5.41) is -0.211. The fourth-order valence-corrected chi connectivity index (χ4v) is 5.42. The van der Waals surface area contributed by atoms with Crippen molar-refractivity contribution in [3.8, 4) is 0 Å². The van der Waals surface area contributed by atoms with Gasteiger partial charge in [0, 0.05) is 17.1 Å². The SMILES string of the molecule is O=c1cc(C(F)(F)F)c2cc(Cc3ccc(S(=O)(=O)Nc4cccc(Cc5ccccc5)c4)cc3)ccc2o1. The van der Waals surface area contributed by atoms with Crippen LogP contribution in [0.1, 0.15) is 27.8 Å². The molecule has 0 fully saturated rings. The zero-order valence-electron chi connectivity index (χ0n) is 20.4. The largest absolute Gasteiger partial charge is 0.423 e. The van der Waals surface area contributed by atoms with Crippen molar-refractivity contribution < 1.29 is 26.0 Å². The second-order valence-electron chi connectivity index (χ2n) is 9.10. The monoisotopic (exact) mass is 549 g/mol. The summed E-state index contributed by atoms with van der Waals surface area (Å²) in [7, 11) is -3.86. The van der Waals surface area contributed by atoms with Gasteiger partial charge in [-0.3, -0.25) is 4.72 Å². The van der Waals surface area contributed by atoms with E-state index in [1.807, 2.05) is 36.4 Å². The molecule has 0 unspecified atom stereocenters. The molecule has 0 saturated carbocycles. The Morgan fingerprint density at radius 1 is 0.692 bits per heavy atom. The van der Waals surface area contributed by atoms with Gasteiger partial charge in [-0.1, -0.05) is 60.7 Å².